The standard InChI is InChI=1S/C25H31NO4/c1-24(2)15-19(14-22(27)29-20-10-6-4-7-11-20)16-25(3,17-24)18-26-23(28)30-21-12-8-5-9-13-21/h4-13,19H,14-18H2,1-3H3,(H,26,28). The highest BCUT2D eigenvalue weighted by molar-refractivity contribution is 5.72. The minimum Gasteiger partial charge on any atom is -0.427 e. The molecule has 30 heavy (non-hydrogen) atoms. The highest BCUT2D eigenvalue weighted by Gasteiger charge is 2.42. The van der Waals surface area contributed by atoms with Crippen molar-refractivity contribution in [3.05, 3.63) is 60.7 Å². The number of nitrogens with one attached hydrogen (secondary N) is 1. The lowest BCUT2D eigenvalue weighted by Gasteiger charge is -2.46. The van der Waals surface area contributed by atoms with E-state index in [2.05, 4.69) is 26.1 Å². The Morgan fingerprint density at radius 1 is 0.900 bits per heavy atom. The summed E-state index contributed by atoms with van der Waals surface area (Å²) in [7, 11) is 0. The summed E-state index contributed by atoms with van der Waals surface area (Å²) in [6, 6.07) is 18.2. The van der Waals surface area contributed by atoms with Crippen LogP contribution in [0.5, 0.6) is 11.5 Å². The number of carbonyl (C=O) groups excluding carboxylic acids is 2. The molecule has 0 spiro atoms. The van der Waals surface area contributed by atoms with Crippen LogP contribution in [0.1, 0.15) is 46.5 Å². The first kappa shape index (κ1) is 21.9. The molecule has 0 saturated heterocycles. The van der Waals surface area contributed by atoms with Gasteiger partial charge < -0.3 is 14.8 Å². The highest BCUT2D eigenvalue weighted by Crippen LogP contribution is 2.49. The molecule has 1 N–H and O–H groups in total. The Hall–Kier alpha value is -2.82. The third kappa shape index (κ3) is 6.61. The van der Waals surface area contributed by atoms with E-state index in [1.807, 2.05) is 36.4 Å². The van der Waals surface area contributed by atoms with Crippen molar-refractivity contribution in [1.29, 1.82) is 0 Å². The van der Waals surface area contributed by atoms with Gasteiger partial charge in [0.2, 0.25) is 0 Å². The average molecular weight is 410 g/mol. The third-order valence-corrected chi connectivity index (χ3v) is 5.57. The van der Waals surface area contributed by atoms with Gasteiger partial charge in [-0.2, -0.15) is 0 Å². The molecule has 3 rings (SSSR count). The van der Waals surface area contributed by atoms with Crippen molar-refractivity contribution >= 4 is 12.1 Å². The molecule has 1 aliphatic carbocycles. The molecular weight excluding hydrogens is 378 g/mol. The van der Waals surface area contributed by atoms with E-state index in [-0.39, 0.29) is 22.7 Å². The first-order valence-corrected chi connectivity index (χ1v) is 10.5. The number of rotatable bonds is 6. The van der Waals surface area contributed by atoms with E-state index in [1.165, 1.54) is 0 Å². The molecule has 0 aliphatic heterocycles. The van der Waals surface area contributed by atoms with Crippen molar-refractivity contribution in [3.8, 4) is 11.5 Å². The Balaban J connectivity index is 1.56. The summed E-state index contributed by atoms with van der Waals surface area (Å²) in [5.41, 5.74) is -0.0368. The first-order valence-electron chi connectivity index (χ1n) is 10.5. The highest BCUT2D eigenvalue weighted by atomic mass is 16.6. The van der Waals surface area contributed by atoms with Gasteiger partial charge in [0.05, 0.1) is 0 Å². The molecule has 5 nitrogen and oxygen atoms in total. The topological polar surface area (TPSA) is 64.6 Å². The molecule has 2 aromatic carbocycles. The summed E-state index contributed by atoms with van der Waals surface area (Å²) < 4.78 is 10.8. The van der Waals surface area contributed by atoms with Gasteiger partial charge in [-0.3, -0.25) is 4.79 Å². The zero-order chi connectivity index (χ0) is 21.6. The molecule has 5 heteroatoms. The van der Waals surface area contributed by atoms with E-state index in [9.17, 15) is 9.59 Å². The second kappa shape index (κ2) is 9.33. The maximum Gasteiger partial charge on any atom is 0.412 e. The zero-order valence-corrected chi connectivity index (χ0v) is 18.0. The molecule has 1 amide bonds. The molecule has 2 atom stereocenters. The van der Waals surface area contributed by atoms with Crippen LogP contribution in [-0.4, -0.2) is 18.6 Å². The minimum atomic E-state index is -0.453. The molecule has 1 fully saturated rings. The summed E-state index contributed by atoms with van der Waals surface area (Å²) in [4.78, 5) is 24.7. The van der Waals surface area contributed by atoms with Gasteiger partial charge in [0, 0.05) is 13.0 Å². The van der Waals surface area contributed by atoms with Crippen LogP contribution in [0.25, 0.3) is 0 Å². The van der Waals surface area contributed by atoms with Crippen molar-refractivity contribution in [2.24, 2.45) is 16.7 Å². The number of ether oxygens (including phenoxy) is 2. The summed E-state index contributed by atoms with van der Waals surface area (Å²) in [6.07, 6.45) is 2.70. The number of carbonyl (C=O) groups is 2. The minimum absolute atomic E-state index is 0.0791. The van der Waals surface area contributed by atoms with E-state index in [0.29, 0.717) is 24.5 Å². The Bertz CT molecular complexity index is 850. The average Bonchev–Trinajstić information content (AvgIpc) is 2.66. The summed E-state index contributed by atoms with van der Waals surface area (Å²) in [6.45, 7) is 7.13. The maximum atomic E-state index is 12.5. The Morgan fingerprint density at radius 2 is 1.47 bits per heavy atom. The maximum absolute atomic E-state index is 12.5. The predicted molar refractivity (Wildman–Crippen MR) is 116 cm³/mol. The van der Waals surface area contributed by atoms with Crippen molar-refractivity contribution < 1.29 is 19.1 Å². The Labute approximate surface area is 178 Å². The number of amides is 1. The lowest BCUT2D eigenvalue weighted by Crippen LogP contribution is -2.44. The van der Waals surface area contributed by atoms with Crippen LogP contribution in [0.3, 0.4) is 0 Å². The summed E-state index contributed by atoms with van der Waals surface area (Å²) >= 11 is 0. The van der Waals surface area contributed by atoms with E-state index >= 15 is 0 Å². The second-order valence-electron chi connectivity index (χ2n) is 9.47. The van der Waals surface area contributed by atoms with Gasteiger partial charge >= 0.3 is 12.1 Å². The van der Waals surface area contributed by atoms with Crippen LogP contribution in [0.4, 0.5) is 4.79 Å². The number of benzene rings is 2. The molecule has 0 radical (unpaired) electrons. The smallest absolute Gasteiger partial charge is 0.412 e. The molecule has 0 aromatic heterocycles. The van der Waals surface area contributed by atoms with Gasteiger partial charge in [0.15, 0.2) is 0 Å². The molecule has 0 bridgehead atoms. The van der Waals surface area contributed by atoms with Crippen LogP contribution < -0.4 is 14.8 Å². The second-order valence-corrected chi connectivity index (χ2v) is 9.47. The molecule has 2 aromatic rings. The van der Waals surface area contributed by atoms with Crippen molar-refractivity contribution in [2.45, 2.75) is 46.5 Å². The third-order valence-electron chi connectivity index (χ3n) is 5.57. The molecule has 0 heterocycles. The van der Waals surface area contributed by atoms with Gasteiger partial charge in [-0.1, -0.05) is 57.2 Å². The largest absolute Gasteiger partial charge is 0.427 e. The van der Waals surface area contributed by atoms with Gasteiger partial charge in [-0.15, -0.1) is 0 Å². The summed E-state index contributed by atoms with van der Waals surface area (Å²) in [5.74, 6) is 1.10. The van der Waals surface area contributed by atoms with E-state index in [4.69, 9.17) is 9.47 Å². The van der Waals surface area contributed by atoms with E-state index < -0.39 is 6.09 Å². The SMILES string of the molecule is CC1(C)CC(CC(=O)Oc2ccccc2)CC(C)(CNC(=O)Oc2ccccc2)C1. The van der Waals surface area contributed by atoms with Gasteiger partial charge in [-0.25, -0.2) is 4.79 Å². The molecule has 1 aliphatic rings. The first-order chi connectivity index (χ1) is 14.2. The van der Waals surface area contributed by atoms with Crippen molar-refractivity contribution in [2.75, 3.05) is 6.54 Å². The fraction of sp³-hybridized carbons (Fsp3) is 0.440. The summed E-state index contributed by atoms with van der Waals surface area (Å²) in [5, 5.41) is 2.92. The Kier molecular flexibility index (Phi) is 6.80. The lowest BCUT2D eigenvalue weighted by molar-refractivity contribution is -0.136. The van der Waals surface area contributed by atoms with Gasteiger partial charge in [0.25, 0.3) is 0 Å². The fourth-order valence-electron chi connectivity index (χ4n) is 4.94. The Morgan fingerprint density at radius 3 is 2.07 bits per heavy atom. The van der Waals surface area contributed by atoms with Crippen LogP contribution in [0.15, 0.2) is 60.7 Å². The van der Waals surface area contributed by atoms with E-state index in [1.54, 1.807) is 24.3 Å². The molecular formula is C25H31NO4. The van der Waals surface area contributed by atoms with Crippen molar-refractivity contribution in [3.63, 3.8) is 0 Å². The molecule has 1 saturated carbocycles. The molecule has 2 unspecified atom stereocenters. The normalized spacial score (nSPS) is 22.7. The predicted octanol–water partition coefficient (Wildman–Crippen LogP) is 5.60. The lowest BCUT2D eigenvalue weighted by atomic mass is 9.60. The van der Waals surface area contributed by atoms with Crippen LogP contribution in [0.2, 0.25) is 0 Å². The van der Waals surface area contributed by atoms with Crippen LogP contribution >= 0.6 is 0 Å². The fourth-order valence-corrected chi connectivity index (χ4v) is 4.94. The zero-order valence-electron chi connectivity index (χ0n) is 18.0. The number of hydrogen-bond acceptors (Lipinski definition) is 4. The quantitative estimate of drug-likeness (QED) is 0.498. The van der Waals surface area contributed by atoms with Crippen LogP contribution in [-0.2, 0) is 4.79 Å². The molecule has 160 valence electrons. The number of hydrogen-bond donors (Lipinski definition) is 1. The van der Waals surface area contributed by atoms with Crippen LogP contribution in [0, 0.1) is 16.7 Å². The van der Waals surface area contributed by atoms with Gasteiger partial charge in [0.1, 0.15) is 11.5 Å². The number of para-hydroxylation sites is 2. The van der Waals surface area contributed by atoms with E-state index in [0.717, 1.165) is 19.3 Å². The van der Waals surface area contributed by atoms with Gasteiger partial charge in [-0.05, 0) is 60.3 Å². The van der Waals surface area contributed by atoms with Crippen molar-refractivity contribution in [1.82, 2.24) is 5.32 Å². The number of esters is 1. The monoisotopic (exact) mass is 409 g/mol.